The van der Waals surface area contributed by atoms with Gasteiger partial charge in [-0.05, 0) is 56.5 Å². The van der Waals surface area contributed by atoms with Crippen molar-refractivity contribution in [3.63, 3.8) is 0 Å². The van der Waals surface area contributed by atoms with Gasteiger partial charge in [-0.25, -0.2) is 8.42 Å². The van der Waals surface area contributed by atoms with Crippen molar-refractivity contribution in [2.75, 3.05) is 5.32 Å². The molecule has 0 saturated heterocycles. The number of nitrogens with one attached hydrogen (secondary N) is 1. The van der Waals surface area contributed by atoms with Crippen LogP contribution in [0, 0.1) is 10.1 Å². The Morgan fingerprint density at radius 3 is 1.59 bits per heavy atom. The summed E-state index contributed by atoms with van der Waals surface area (Å²) in [7, 11) is -5.35. The van der Waals surface area contributed by atoms with Crippen LogP contribution in [0.4, 0.5) is 17.1 Å². The van der Waals surface area contributed by atoms with Crippen molar-refractivity contribution >= 4 is 33.0 Å². The first-order chi connectivity index (χ1) is 23.7. The van der Waals surface area contributed by atoms with E-state index in [4.69, 9.17) is 17.2 Å². The van der Waals surface area contributed by atoms with Gasteiger partial charge in [0.2, 0.25) is 0 Å². The quantitative estimate of drug-likeness (QED) is 0.0744. The minimum atomic E-state index is -5.35. The predicted octanol–water partition coefficient (Wildman–Crippen LogP) is 4.72. The van der Waals surface area contributed by atoms with Crippen LogP contribution in [0.3, 0.4) is 0 Å². The molecule has 3 aliphatic rings. The average molecular weight is 769 g/mol. The van der Waals surface area contributed by atoms with Crippen LogP contribution in [0.1, 0.15) is 103 Å². The molecule has 2 aromatic rings. The van der Waals surface area contributed by atoms with Crippen molar-refractivity contribution in [3.8, 4) is 5.75 Å². The van der Waals surface area contributed by atoms with Crippen LogP contribution < -0.4 is 32.7 Å². The van der Waals surface area contributed by atoms with Crippen LogP contribution in [-0.2, 0) is 32.3 Å². The van der Waals surface area contributed by atoms with Gasteiger partial charge in [-0.1, -0.05) is 81.7 Å². The van der Waals surface area contributed by atoms with Crippen molar-refractivity contribution < 1.29 is 50.3 Å². The largest absolute Gasteiger partial charge is 6.00 e. The van der Waals surface area contributed by atoms with E-state index >= 15 is 0 Å². The molecule has 0 spiro atoms. The zero-order valence-corrected chi connectivity index (χ0v) is 31.1. The molecule has 0 bridgehead atoms. The maximum atomic E-state index is 12.2. The molecule has 51 heavy (non-hydrogen) atoms. The smallest absolute Gasteiger partial charge is 0.870 e. The van der Waals surface area contributed by atoms with Gasteiger partial charge < -0.3 is 37.3 Å². The van der Waals surface area contributed by atoms with Crippen molar-refractivity contribution in [2.24, 2.45) is 27.4 Å². The second-order valence-electron chi connectivity index (χ2n) is 12.6. The van der Waals surface area contributed by atoms with Crippen molar-refractivity contribution in [2.45, 2.75) is 126 Å². The number of nitrogens with zero attached hydrogens (tertiary/aromatic N) is 3. The number of carbonyl (C=O) groups excluding carboxylic acids is 1. The number of nitro benzene ring substituents is 1. The van der Waals surface area contributed by atoms with Gasteiger partial charge in [0.1, 0.15) is 15.8 Å². The Hall–Kier alpha value is -3.43. The molecule has 3 fully saturated rings. The first-order valence-electron chi connectivity index (χ1n) is 17.1. The third-order valence-corrected chi connectivity index (χ3v) is 9.13. The van der Waals surface area contributed by atoms with Gasteiger partial charge in [-0.3, -0.25) is 14.9 Å². The molecule has 5 rings (SSSR count). The number of nitro groups is 1. The van der Waals surface area contributed by atoms with Gasteiger partial charge in [0.25, 0.3) is 5.69 Å². The summed E-state index contributed by atoms with van der Waals surface area (Å²) >= 11 is 0. The number of non-ortho nitro benzene ring substituents is 1. The van der Waals surface area contributed by atoms with Crippen LogP contribution >= 0.6 is 0 Å². The van der Waals surface area contributed by atoms with Gasteiger partial charge >= 0.3 is 17.4 Å². The summed E-state index contributed by atoms with van der Waals surface area (Å²) in [5.41, 5.74) is 14.7. The molecule has 0 heterocycles. The summed E-state index contributed by atoms with van der Waals surface area (Å²) in [6.07, 6.45) is 20.0. The minimum Gasteiger partial charge on any atom is -0.870 e. The molecule has 0 aliphatic heterocycles. The fourth-order valence-corrected chi connectivity index (χ4v) is 6.03. The van der Waals surface area contributed by atoms with E-state index in [0.29, 0.717) is 35.9 Å². The Morgan fingerprint density at radius 1 is 0.824 bits per heavy atom. The summed E-state index contributed by atoms with van der Waals surface area (Å²) in [6.45, 7) is 0.984. The Morgan fingerprint density at radius 2 is 1.25 bits per heavy atom. The number of hydrogen-bond acceptors (Lipinski definition) is 14. The van der Waals surface area contributed by atoms with E-state index in [0.717, 1.165) is 6.92 Å². The first-order valence-corrected chi connectivity index (χ1v) is 18.5. The first kappa shape index (κ1) is 45.6. The molecule has 0 atom stereocenters. The number of benzene rings is 2. The standard InChI is InChI=1S/C16H14N4O8S.3C6H13N.Cr/c1-9(21)14(16(23)17-10-5-3-2-4-6-10)19-18-12-7-11(20(24)25)8-13(15(12)22)29(26,27)28;3*7-6-4-2-1-3-5-6;/h2-8,17,22-23H,1H3,(H,26,27,28);3*6H,1-5,7H2;/q;;;;+6/p-3. The molecule has 15 nitrogen and oxygen atoms in total. The number of azo groups is 1. The van der Waals surface area contributed by atoms with Gasteiger partial charge in [0.15, 0.2) is 5.78 Å². The maximum Gasteiger partial charge on any atom is 6.00 e. The average Bonchev–Trinajstić information content (AvgIpc) is 3.07. The molecule has 17 heteroatoms. The summed E-state index contributed by atoms with van der Waals surface area (Å²) in [6, 6.07) is 10.4. The molecular weight excluding hydrogens is 718 g/mol. The van der Waals surface area contributed by atoms with E-state index < -0.39 is 54.4 Å². The van der Waals surface area contributed by atoms with E-state index in [1.165, 1.54) is 108 Å². The van der Waals surface area contributed by atoms with Crippen molar-refractivity contribution in [3.05, 3.63) is 64.2 Å². The van der Waals surface area contributed by atoms with Crippen molar-refractivity contribution in [1.82, 2.24) is 0 Å². The molecule has 7 N–H and O–H groups in total. The number of rotatable bonds is 7. The van der Waals surface area contributed by atoms with E-state index in [9.17, 15) is 38.1 Å². The fraction of sp³-hybridized carbons (Fsp3) is 0.559. The zero-order chi connectivity index (χ0) is 37.1. The van der Waals surface area contributed by atoms with Crippen molar-refractivity contribution in [1.29, 1.82) is 0 Å². The topological polar surface area (TPSA) is 278 Å². The molecule has 0 amide bonds. The second-order valence-corrected chi connectivity index (χ2v) is 14.0. The van der Waals surface area contributed by atoms with Crippen LogP contribution in [-0.4, -0.2) is 41.8 Å². The van der Waals surface area contributed by atoms with Crippen LogP contribution in [0.15, 0.2) is 69.2 Å². The van der Waals surface area contributed by atoms with Gasteiger partial charge in [-0.2, -0.15) is 5.11 Å². The number of nitrogens with two attached hydrogens (primary N) is 3. The minimum absolute atomic E-state index is 0. The van der Waals surface area contributed by atoms with E-state index in [1.807, 2.05) is 0 Å². The van der Waals surface area contributed by atoms with E-state index in [2.05, 4.69) is 15.5 Å². The molecule has 0 radical (unpaired) electrons. The SMILES string of the molecule is CC(=O)C(N=Nc1cc([N+](=O)[O-])cc(S(=O)(=O)[O-])c1[O-])=C([O-])Nc1ccccc1.NC1CCCCC1.NC1CCCCC1.NC1CCCCC1.[Cr+6]. The number of carbonyl (C=O) groups is 1. The summed E-state index contributed by atoms with van der Waals surface area (Å²) in [5, 5.41) is 44.2. The summed E-state index contributed by atoms with van der Waals surface area (Å²) in [5.74, 6) is -3.29. The normalized spacial score (nSPS) is 17.5. The number of hydrogen-bond donors (Lipinski definition) is 4. The molecule has 0 unspecified atom stereocenters. The number of Topliss-reactive ketones (excluding diaryl/α,β-unsaturated/α-hetero) is 1. The summed E-state index contributed by atoms with van der Waals surface area (Å²) in [4.78, 5) is 20.2. The molecule has 3 saturated carbocycles. The molecule has 3 aliphatic carbocycles. The number of anilines is 1. The van der Waals surface area contributed by atoms with Crippen LogP contribution in [0.25, 0.3) is 0 Å². The Bertz CT molecular complexity index is 1490. The molecular formula is C34H50CrN7O8S+3. The van der Waals surface area contributed by atoms with Gasteiger partial charge in [0.05, 0.1) is 15.5 Å². The second kappa shape index (κ2) is 23.9. The summed E-state index contributed by atoms with van der Waals surface area (Å²) < 4.78 is 33.5. The monoisotopic (exact) mass is 768 g/mol. The number of para-hydroxylation sites is 1. The Balaban J connectivity index is 0.000000469. The maximum absolute atomic E-state index is 12.2. The third kappa shape index (κ3) is 18.1. The molecule has 0 aromatic heterocycles. The zero-order valence-electron chi connectivity index (χ0n) is 29.0. The Kier molecular flexibility index (Phi) is 21.4. The third-order valence-electron chi connectivity index (χ3n) is 8.29. The van der Waals surface area contributed by atoms with Gasteiger partial charge in [0, 0.05) is 42.9 Å². The van der Waals surface area contributed by atoms with E-state index in [1.54, 1.807) is 18.2 Å². The molecule has 2 aromatic carbocycles. The Labute approximate surface area is 311 Å². The molecule has 278 valence electrons. The number of allylic oxidation sites excluding steroid dienone is 1. The van der Waals surface area contributed by atoms with E-state index in [-0.39, 0.29) is 17.4 Å². The van der Waals surface area contributed by atoms with Gasteiger partial charge in [-0.15, -0.1) is 5.11 Å². The van der Waals surface area contributed by atoms with Crippen LogP contribution in [0.5, 0.6) is 5.75 Å². The number of ketones is 1. The fourth-order valence-electron chi connectivity index (χ4n) is 5.43. The predicted molar refractivity (Wildman–Crippen MR) is 186 cm³/mol. The van der Waals surface area contributed by atoms with Crippen LogP contribution in [0.2, 0.25) is 0 Å².